The number of benzene rings is 2. The smallest absolute Gasteiger partial charge is 0.325 e. The van der Waals surface area contributed by atoms with Gasteiger partial charge in [-0.1, -0.05) is 24.3 Å². The average Bonchev–Trinajstić information content (AvgIpc) is 2.81. The molecule has 0 saturated heterocycles. The van der Waals surface area contributed by atoms with Gasteiger partial charge in [0.2, 0.25) is 0 Å². The summed E-state index contributed by atoms with van der Waals surface area (Å²) in [5.41, 5.74) is 2.61. The number of esters is 1. The fourth-order valence-electron chi connectivity index (χ4n) is 3.53. The van der Waals surface area contributed by atoms with Crippen LogP contribution in [0.3, 0.4) is 0 Å². The van der Waals surface area contributed by atoms with Crippen LogP contribution in [0.25, 0.3) is 0 Å². The van der Waals surface area contributed by atoms with Gasteiger partial charge in [0.25, 0.3) is 11.8 Å². The summed E-state index contributed by atoms with van der Waals surface area (Å²) >= 11 is 0. The van der Waals surface area contributed by atoms with Crippen molar-refractivity contribution in [3.8, 4) is 11.5 Å². The normalized spacial score (nSPS) is 14.7. The zero-order valence-electron chi connectivity index (χ0n) is 17.6. The molecule has 31 heavy (non-hydrogen) atoms. The fraction of sp³-hybridized carbons (Fsp3) is 0.348. The predicted molar refractivity (Wildman–Crippen MR) is 113 cm³/mol. The summed E-state index contributed by atoms with van der Waals surface area (Å²) in [6.07, 6.45) is 2.83. The molecule has 2 aromatic rings. The van der Waals surface area contributed by atoms with Gasteiger partial charge in [-0.25, -0.2) is 0 Å². The quantitative estimate of drug-likeness (QED) is 0.627. The first-order valence-corrected chi connectivity index (χ1v) is 10.0. The molecule has 0 saturated carbocycles. The Morgan fingerprint density at radius 3 is 2.45 bits per heavy atom. The second-order valence-corrected chi connectivity index (χ2v) is 7.16. The summed E-state index contributed by atoms with van der Waals surface area (Å²) in [4.78, 5) is 36.5. The van der Waals surface area contributed by atoms with E-state index in [0.717, 1.165) is 24.8 Å². The Bertz CT molecular complexity index is 937. The molecular weight excluding hydrogens is 400 g/mol. The van der Waals surface area contributed by atoms with Crippen molar-refractivity contribution in [1.82, 2.24) is 10.6 Å². The Balaban J connectivity index is 1.45. The molecule has 0 heterocycles. The second-order valence-electron chi connectivity index (χ2n) is 7.16. The summed E-state index contributed by atoms with van der Waals surface area (Å²) < 4.78 is 15.2. The Labute approximate surface area is 180 Å². The average molecular weight is 426 g/mol. The molecule has 1 aliphatic rings. The number of carbonyl (C=O) groups excluding carboxylic acids is 3. The van der Waals surface area contributed by atoms with Crippen molar-refractivity contribution in [2.45, 2.75) is 25.3 Å². The Morgan fingerprint density at radius 1 is 1.03 bits per heavy atom. The number of aryl methyl sites for hydroxylation is 1. The summed E-state index contributed by atoms with van der Waals surface area (Å²) in [6, 6.07) is 12.6. The molecule has 2 amide bonds. The SMILES string of the molecule is COc1cc(OC)cc(C(=O)NCC(=O)OCC(=O)NC2CCCc3ccccc32)c1. The maximum atomic E-state index is 12.3. The number of methoxy groups -OCH3 is 2. The van der Waals surface area contributed by atoms with Gasteiger partial charge in [-0.05, 0) is 42.5 Å². The van der Waals surface area contributed by atoms with Gasteiger partial charge in [0, 0.05) is 11.6 Å². The molecule has 0 aliphatic heterocycles. The number of fused-ring (bicyclic) bond motifs is 1. The van der Waals surface area contributed by atoms with E-state index in [1.165, 1.54) is 31.9 Å². The van der Waals surface area contributed by atoms with Crippen LogP contribution in [0.15, 0.2) is 42.5 Å². The van der Waals surface area contributed by atoms with Gasteiger partial charge < -0.3 is 24.8 Å². The van der Waals surface area contributed by atoms with Crippen LogP contribution in [0.4, 0.5) is 0 Å². The molecule has 0 spiro atoms. The van der Waals surface area contributed by atoms with Crippen molar-refractivity contribution in [2.75, 3.05) is 27.4 Å². The lowest BCUT2D eigenvalue weighted by molar-refractivity contribution is -0.147. The summed E-state index contributed by atoms with van der Waals surface area (Å²) in [7, 11) is 2.95. The van der Waals surface area contributed by atoms with Gasteiger partial charge in [-0.2, -0.15) is 0 Å². The largest absolute Gasteiger partial charge is 0.497 e. The highest BCUT2D eigenvalue weighted by molar-refractivity contribution is 5.96. The van der Waals surface area contributed by atoms with E-state index in [2.05, 4.69) is 16.7 Å². The van der Waals surface area contributed by atoms with E-state index >= 15 is 0 Å². The predicted octanol–water partition coefficient (Wildman–Crippen LogP) is 2.17. The molecule has 0 radical (unpaired) electrons. The molecule has 3 rings (SSSR count). The molecule has 1 unspecified atom stereocenters. The van der Waals surface area contributed by atoms with E-state index in [4.69, 9.17) is 14.2 Å². The number of nitrogens with one attached hydrogen (secondary N) is 2. The van der Waals surface area contributed by atoms with Crippen molar-refractivity contribution in [2.24, 2.45) is 0 Å². The van der Waals surface area contributed by atoms with Gasteiger partial charge in [0.15, 0.2) is 6.61 Å². The van der Waals surface area contributed by atoms with Gasteiger partial charge in [-0.3, -0.25) is 14.4 Å². The molecule has 1 atom stereocenters. The van der Waals surface area contributed by atoms with E-state index in [9.17, 15) is 14.4 Å². The minimum Gasteiger partial charge on any atom is -0.497 e. The maximum Gasteiger partial charge on any atom is 0.325 e. The topological polar surface area (TPSA) is 103 Å². The third kappa shape index (κ3) is 5.97. The first-order chi connectivity index (χ1) is 15.0. The van der Waals surface area contributed by atoms with Crippen LogP contribution in [0.5, 0.6) is 11.5 Å². The van der Waals surface area contributed by atoms with Crippen molar-refractivity contribution in [3.05, 3.63) is 59.2 Å². The number of hydrogen-bond acceptors (Lipinski definition) is 6. The molecular formula is C23H26N2O6. The lowest BCUT2D eigenvalue weighted by Gasteiger charge is -2.26. The minimum atomic E-state index is -0.706. The van der Waals surface area contributed by atoms with Gasteiger partial charge in [0.05, 0.1) is 20.3 Å². The highest BCUT2D eigenvalue weighted by atomic mass is 16.5. The van der Waals surface area contributed by atoms with Crippen molar-refractivity contribution < 1.29 is 28.6 Å². The molecule has 0 bridgehead atoms. The maximum absolute atomic E-state index is 12.3. The Hall–Kier alpha value is -3.55. The van der Waals surface area contributed by atoms with Crippen LogP contribution >= 0.6 is 0 Å². The highest BCUT2D eigenvalue weighted by Gasteiger charge is 2.22. The van der Waals surface area contributed by atoms with Crippen molar-refractivity contribution >= 4 is 17.8 Å². The van der Waals surface area contributed by atoms with E-state index in [1.807, 2.05) is 18.2 Å². The highest BCUT2D eigenvalue weighted by Crippen LogP contribution is 2.29. The van der Waals surface area contributed by atoms with Crippen LogP contribution in [-0.2, 0) is 20.7 Å². The van der Waals surface area contributed by atoms with Gasteiger partial charge >= 0.3 is 5.97 Å². The van der Waals surface area contributed by atoms with Crippen LogP contribution < -0.4 is 20.1 Å². The first-order valence-electron chi connectivity index (χ1n) is 10.0. The first kappa shape index (κ1) is 22.1. The summed E-state index contributed by atoms with van der Waals surface area (Å²) in [6.45, 7) is -0.766. The summed E-state index contributed by atoms with van der Waals surface area (Å²) in [5.74, 6) is -0.667. The lowest BCUT2D eigenvalue weighted by Crippen LogP contribution is -2.36. The third-order valence-corrected chi connectivity index (χ3v) is 5.08. The van der Waals surface area contributed by atoms with E-state index < -0.39 is 18.5 Å². The fourth-order valence-corrected chi connectivity index (χ4v) is 3.53. The van der Waals surface area contributed by atoms with Crippen LogP contribution in [-0.4, -0.2) is 45.2 Å². The molecule has 1 aliphatic carbocycles. The Kier molecular flexibility index (Phi) is 7.48. The van der Waals surface area contributed by atoms with E-state index in [-0.39, 0.29) is 24.1 Å². The zero-order chi connectivity index (χ0) is 22.2. The lowest BCUT2D eigenvalue weighted by atomic mass is 9.88. The molecule has 8 heteroatoms. The molecule has 0 aromatic heterocycles. The van der Waals surface area contributed by atoms with Gasteiger partial charge in [-0.15, -0.1) is 0 Å². The van der Waals surface area contributed by atoms with E-state index in [1.54, 1.807) is 6.07 Å². The van der Waals surface area contributed by atoms with Crippen LogP contribution in [0.1, 0.15) is 40.4 Å². The van der Waals surface area contributed by atoms with Crippen LogP contribution in [0, 0.1) is 0 Å². The zero-order valence-corrected chi connectivity index (χ0v) is 17.6. The van der Waals surface area contributed by atoms with Crippen LogP contribution in [0.2, 0.25) is 0 Å². The number of amides is 2. The molecule has 2 N–H and O–H groups in total. The molecule has 164 valence electrons. The monoisotopic (exact) mass is 426 g/mol. The minimum absolute atomic E-state index is 0.0844. The van der Waals surface area contributed by atoms with Gasteiger partial charge in [0.1, 0.15) is 18.0 Å². The second kappa shape index (κ2) is 10.5. The van der Waals surface area contributed by atoms with Crippen molar-refractivity contribution in [1.29, 1.82) is 0 Å². The third-order valence-electron chi connectivity index (χ3n) is 5.08. The molecule has 0 fully saturated rings. The standard InChI is InChI=1S/C23H26N2O6/c1-29-17-10-16(11-18(12-17)30-2)23(28)24-13-22(27)31-14-21(26)25-20-9-5-7-15-6-3-4-8-19(15)20/h3-4,6,8,10-12,20H,5,7,9,13-14H2,1-2H3,(H,24,28)(H,25,26). The summed E-state index contributed by atoms with van der Waals surface area (Å²) in [5, 5.41) is 5.38. The Morgan fingerprint density at radius 2 is 1.74 bits per heavy atom. The van der Waals surface area contributed by atoms with Crippen molar-refractivity contribution in [3.63, 3.8) is 0 Å². The molecule has 8 nitrogen and oxygen atoms in total. The number of ether oxygens (including phenoxy) is 3. The number of rotatable bonds is 8. The molecule has 2 aromatic carbocycles. The van der Waals surface area contributed by atoms with E-state index in [0.29, 0.717) is 11.5 Å². The number of carbonyl (C=O) groups is 3. The number of hydrogen-bond donors (Lipinski definition) is 2.